The largest absolute Gasteiger partial charge is 0.369 e. The van der Waals surface area contributed by atoms with E-state index < -0.39 is 10.0 Å². The second-order valence-electron chi connectivity index (χ2n) is 10.8. The van der Waals surface area contributed by atoms with Crippen molar-refractivity contribution < 1.29 is 13.2 Å². The Morgan fingerprint density at radius 1 is 0.872 bits per heavy atom. The summed E-state index contributed by atoms with van der Waals surface area (Å²) in [6.07, 6.45) is 1.92. The van der Waals surface area contributed by atoms with E-state index in [4.69, 9.17) is 0 Å². The zero-order valence-electron chi connectivity index (χ0n) is 23.8. The SMILES string of the molecule is Cc1cc(Br)cc(C)c1N1CCCC(NC(=O)c2ccc(NS(=O)(=O)c3c(C)c(C)c(C)c(C)c3C)cc2)C1. The van der Waals surface area contributed by atoms with Gasteiger partial charge in [0.25, 0.3) is 15.9 Å². The Hall–Kier alpha value is -2.84. The summed E-state index contributed by atoms with van der Waals surface area (Å²) in [5.74, 6) is -0.156. The van der Waals surface area contributed by atoms with Gasteiger partial charge in [-0.25, -0.2) is 8.42 Å². The average Bonchev–Trinajstić information content (AvgIpc) is 2.86. The molecule has 1 amide bonds. The Morgan fingerprint density at radius 3 is 1.97 bits per heavy atom. The van der Waals surface area contributed by atoms with Crippen molar-refractivity contribution in [1.82, 2.24) is 5.32 Å². The first-order valence-electron chi connectivity index (χ1n) is 13.3. The van der Waals surface area contributed by atoms with Gasteiger partial charge in [0.05, 0.1) is 4.90 Å². The summed E-state index contributed by atoms with van der Waals surface area (Å²) in [5, 5.41) is 3.18. The number of hydrogen-bond donors (Lipinski definition) is 2. The highest BCUT2D eigenvalue weighted by Gasteiger charge is 2.26. The predicted octanol–water partition coefficient (Wildman–Crippen LogP) is 6.81. The highest BCUT2D eigenvalue weighted by Crippen LogP contribution is 2.32. The van der Waals surface area contributed by atoms with E-state index in [9.17, 15) is 13.2 Å². The van der Waals surface area contributed by atoms with Gasteiger partial charge in [0.2, 0.25) is 0 Å². The first kappa shape index (κ1) is 29.2. The molecule has 0 radical (unpaired) electrons. The van der Waals surface area contributed by atoms with E-state index in [1.54, 1.807) is 24.3 Å². The molecule has 1 saturated heterocycles. The molecule has 1 aliphatic rings. The van der Waals surface area contributed by atoms with E-state index >= 15 is 0 Å². The third-order valence-corrected chi connectivity index (χ3v) is 10.2. The minimum atomic E-state index is -3.79. The Bertz CT molecular complexity index is 1480. The number of halogens is 1. The van der Waals surface area contributed by atoms with E-state index in [0.717, 1.165) is 58.2 Å². The lowest BCUT2D eigenvalue weighted by molar-refractivity contribution is 0.0933. The highest BCUT2D eigenvalue weighted by atomic mass is 79.9. The molecule has 39 heavy (non-hydrogen) atoms. The minimum Gasteiger partial charge on any atom is -0.369 e. The first-order chi connectivity index (χ1) is 18.3. The van der Waals surface area contributed by atoms with Gasteiger partial charge in [0, 0.05) is 40.5 Å². The van der Waals surface area contributed by atoms with Crippen molar-refractivity contribution in [2.45, 2.75) is 72.2 Å². The molecule has 1 atom stereocenters. The van der Waals surface area contributed by atoms with Crippen molar-refractivity contribution in [3.63, 3.8) is 0 Å². The van der Waals surface area contributed by atoms with Gasteiger partial charge in [0.15, 0.2) is 0 Å². The van der Waals surface area contributed by atoms with Crippen LogP contribution in [0.15, 0.2) is 45.8 Å². The van der Waals surface area contributed by atoms with Crippen LogP contribution in [-0.4, -0.2) is 33.5 Å². The van der Waals surface area contributed by atoms with Crippen molar-refractivity contribution in [3.05, 3.63) is 85.4 Å². The number of aryl methyl sites for hydroxylation is 2. The molecule has 3 aromatic carbocycles. The van der Waals surface area contributed by atoms with Crippen molar-refractivity contribution in [3.8, 4) is 0 Å². The normalized spacial score (nSPS) is 15.8. The summed E-state index contributed by atoms with van der Waals surface area (Å²) in [4.78, 5) is 15.8. The van der Waals surface area contributed by atoms with Crippen LogP contribution in [0.1, 0.15) is 62.1 Å². The summed E-state index contributed by atoms with van der Waals surface area (Å²) in [7, 11) is -3.79. The molecule has 0 spiro atoms. The first-order valence-corrected chi connectivity index (χ1v) is 15.6. The predicted molar refractivity (Wildman–Crippen MR) is 164 cm³/mol. The number of carbonyl (C=O) groups is 1. The number of carbonyl (C=O) groups excluding carboxylic acids is 1. The van der Waals surface area contributed by atoms with Gasteiger partial charge in [-0.15, -0.1) is 0 Å². The number of piperidine rings is 1. The standard InChI is InChI=1S/C31H38BrN3O3S/c1-18-15-26(32)16-19(2)29(18)35-14-8-9-28(17-35)33-31(36)25-10-12-27(13-11-25)34-39(37,38)30-23(6)21(4)20(3)22(5)24(30)7/h10-13,15-16,28,34H,8-9,14,17H2,1-7H3,(H,33,36). The van der Waals surface area contributed by atoms with Crippen LogP contribution in [0.25, 0.3) is 0 Å². The van der Waals surface area contributed by atoms with Crippen LogP contribution in [0.3, 0.4) is 0 Å². The molecule has 2 N–H and O–H groups in total. The number of sulfonamides is 1. The zero-order chi connectivity index (χ0) is 28.6. The maximum absolute atomic E-state index is 13.4. The average molecular weight is 613 g/mol. The minimum absolute atomic E-state index is 0.0332. The van der Waals surface area contributed by atoms with Crippen LogP contribution < -0.4 is 14.9 Å². The molecule has 1 aliphatic heterocycles. The number of hydrogen-bond acceptors (Lipinski definition) is 4. The molecule has 0 saturated carbocycles. The molecule has 0 aromatic heterocycles. The molecule has 3 aromatic rings. The maximum Gasteiger partial charge on any atom is 0.262 e. The molecule has 1 heterocycles. The number of anilines is 2. The highest BCUT2D eigenvalue weighted by molar-refractivity contribution is 9.10. The van der Waals surface area contributed by atoms with Gasteiger partial charge < -0.3 is 10.2 Å². The van der Waals surface area contributed by atoms with Crippen molar-refractivity contribution >= 4 is 43.2 Å². The van der Waals surface area contributed by atoms with E-state index in [-0.39, 0.29) is 11.9 Å². The molecule has 6 nitrogen and oxygen atoms in total. The monoisotopic (exact) mass is 611 g/mol. The zero-order valence-corrected chi connectivity index (χ0v) is 26.2. The smallest absolute Gasteiger partial charge is 0.262 e. The van der Waals surface area contributed by atoms with Gasteiger partial charge >= 0.3 is 0 Å². The fourth-order valence-electron chi connectivity index (χ4n) is 5.73. The molecule has 0 aliphatic carbocycles. The molecule has 208 valence electrons. The van der Waals surface area contributed by atoms with Crippen LogP contribution >= 0.6 is 15.9 Å². The number of nitrogens with one attached hydrogen (secondary N) is 2. The van der Waals surface area contributed by atoms with Crippen molar-refractivity contribution in [2.75, 3.05) is 22.7 Å². The lowest BCUT2D eigenvalue weighted by Crippen LogP contribution is -2.48. The molecular formula is C31H38BrN3O3S. The van der Waals surface area contributed by atoms with Crippen molar-refractivity contribution in [2.24, 2.45) is 0 Å². The third-order valence-electron chi connectivity index (χ3n) is 8.13. The molecule has 1 unspecified atom stereocenters. The van der Waals surface area contributed by atoms with E-state index in [1.807, 2.05) is 34.6 Å². The quantitative estimate of drug-likeness (QED) is 0.321. The summed E-state index contributed by atoms with van der Waals surface area (Å²) < 4.78 is 30.5. The van der Waals surface area contributed by atoms with Crippen molar-refractivity contribution in [1.29, 1.82) is 0 Å². The Morgan fingerprint density at radius 2 is 1.41 bits per heavy atom. The lowest BCUT2D eigenvalue weighted by Gasteiger charge is -2.36. The summed E-state index contributed by atoms with van der Waals surface area (Å²) in [6, 6.07) is 10.9. The summed E-state index contributed by atoms with van der Waals surface area (Å²) >= 11 is 3.58. The summed E-state index contributed by atoms with van der Waals surface area (Å²) in [5.41, 5.74) is 9.19. The van der Waals surface area contributed by atoms with E-state index in [0.29, 0.717) is 16.1 Å². The Kier molecular flexibility index (Phi) is 8.47. The van der Waals surface area contributed by atoms with Gasteiger partial charge in [-0.2, -0.15) is 0 Å². The Balaban J connectivity index is 1.46. The number of nitrogens with zero attached hydrogens (tertiary/aromatic N) is 1. The maximum atomic E-state index is 13.4. The molecule has 8 heteroatoms. The third kappa shape index (κ3) is 6.02. The molecular weight excluding hydrogens is 574 g/mol. The van der Waals surface area contributed by atoms with Gasteiger partial charge in [-0.3, -0.25) is 9.52 Å². The number of amides is 1. The van der Waals surface area contributed by atoms with Crippen LogP contribution in [0.5, 0.6) is 0 Å². The second-order valence-corrected chi connectivity index (χ2v) is 13.3. The molecule has 1 fully saturated rings. The topological polar surface area (TPSA) is 78.5 Å². The van der Waals surface area contributed by atoms with Gasteiger partial charge in [0.1, 0.15) is 0 Å². The fourth-order valence-corrected chi connectivity index (χ4v) is 8.08. The van der Waals surface area contributed by atoms with Crippen LogP contribution in [-0.2, 0) is 10.0 Å². The van der Waals surface area contributed by atoms with Crippen LogP contribution in [0.2, 0.25) is 0 Å². The molecule has 4 rings (SSSR count). The van der Waals surface area contributed by atoms with Crippen LogP contribution in [0.4, 0.5) is 11.4 Å². The number of benzene rings is 3. The molecule has 0 bridgehead atoms. The van der Waals surface area contributed by atoms with Gasteiger partial charge in [-0.1, -0.05) is 15.9 Å². The second kappa shape index (κ2) is 11.3. The summed E-state index contributed by atoms with van der Waals surface area (Å²) in [6.45, 7) is 15.6. The van der Waals surface area contributed by atoms with Gasteiger partial charge in [-0.05, 0) is 137 Å². The lowest BCUT2D eigenvalue weighted by atomic mass is 9.95. The van der Waals surface area contributed by atoms with E-state index in [2.05, 4.69) is 56.8 Å². The fraction of sp³-hybridized carbons (Fsp3) is 0.387. The van der Waals surface area contributed by atoms with E-state index in [1.165, 1.54) is 16.8 Å². The van der Waals surface area contributed by atoms with Crippen LogP contribution in [0, 0.1) is 48.5 Å². The number of rotatable bonds is 6. The Labute approximate surface area is 241 Å².